The summed E-state index contributed by atoms with van der Waals surface area (Å²) in [6.07, 6.45) is 3.66. The molecule has 0 radical (unpaired) electrons. The van der Waals surface area contributed by atoms with Gasteiger partial charge in [0.25, 0.3) is 0 Å². The zero-order valence-corrected chi connectivity index (χ0v) is 15.4. The predicted molar refractivity (Wildman–Crippen MR) is 102 cm³/mol. The lowest BCUT2D eigenvalue weighted by atomic mass is 9.90. The Hall–Kier alpha value is -3.23. The van der Waals surface area contributed by atoms with Crippen molar-refractivity contribution in [1.29, 1.82) is 10.5 Å². The summed E-state index contributed by atoms with van der Waals surface area (Å²) in [5.74, 6) is -0.154. The largest absolute Gasteiger partial charge is 0.378 e. The van der Waals surface area contributed by atoms with Crippen LogP contribution in [0.2, 0.25) is 0 Å². The summed E-state index contributed by atoms with van der Waals surface area (Å²) in [6, 6.07) is 10.9. The Morgan fingerprint density at radius 3 is 2.85 bits per heavy atom. The lowest BCUT2D eigenvalue weighted by Crippen LogP contribution is -2.33. The van der Waals surface area contributed by atoms with E-state index in [2.05, 4.69) is 21.0 Å². The smallest absolute Gasteiger partial charge is 0.185 e. The number of carbonyl (C=O) groups is 1. The average Bonchev–Trinajstić information content (AvgIpc) is 2.67. The van der Waals surface area contributed by atoms with Crippen LogP contribution in [0.1, 0.15) is 40.7 Å². The number of hydrogen-bond acceptors (Lipinski definition) is 8. The van der Waals surface area contributed by atoms with Crippen molar-refractivity contribution in [1.82, 2.24) is 9.97 Å². The van der Waals surface area contributed by atoms with Crippen molar-refractivity contribution < 1.29 is 4.79 Å². The van der Waals surface area contributed by atoms with E-state index < -0.39 is 5.54 Å². The van der Waals surface area contributed by atoms with Gasteiger partial charge >= 0.3 is 0 Å². The van der Waals surface area contributed by atoms with Crippen LogP contribution in [0.4, 0.5) is 0 Å². The first kappa shape index (κ1) is 18.6. The molecule has 2 atom stereocenters. The van der Waals surface area contributed by atoms with E-state index in [1.807, 2.05) is 19.1 Å². The topological polar surface area (TPSA) is 129 Å². The van der Waals surface area contributed by atoms with Gasteiger partial charge in [-0.25, -0.2) is 4.99 Å². The molecule has 0 saturated carbocycles. The number of nitrogens with two attached hydrogens (primary N) is 1. The fourth-order valence-electron chi connectivity index (χ4n) is 2.88. The van der Waals surface area contributed by atoms with Crippen LogP contribution in [0.5, 0.6) is 0 Å². The predicted octanol–water partition coefficient (Wildman–Crippen LogP) is 2.33. The van der Waals surface area contributed by atoms with Crippen molar-refractivity contribution in [2.45, 2.75) is 30.6 Å². The second kappa shape index (κ2) is 7.56. The van der Waals surface area contributed by atoms with E-state index in [1.165, 1.54) is 18.0 Å². The number of ketones is 1. The Morgan fingerprint density at radius 2 is 2.19 bits per heavy atom. The number of carbonyl (C=O) groups excluding carboxylic acids is 1. The van der Waals surface area contributed by atoms with Crippen molar-refractivity contribution in [3.8, 4) is 12.1 Å². The first-order chi connectivity index (χ1) is 12.9. The van der Waals surface area contributed by atoms with E-state index in [0.29, 0.717) is 28.5 Å². The molecule has 2 aromatic heterocycles. The first-order valence-electron chi connectivity index (χ1n) is 8.20. The maximum atomic E-state index is 12.5. The summed E-state index contributed by atoms with van der Waals surface area (Å²) in [4.78, 5) is 25.4. The van der Waals surface area contributed by atoms with Crippen LogP contribution in [-0.4, -0.2) is 26.2 Å². The second-order valence-corrected chi connectivity index (χ2v) is 7.58. The third-order valence-corrected chi connectivity index (χ3v) is 5.16. The number of nitriles is 2. The molecule has 1 aliphatic rings. The van der Waals surface area contributed by atoms with Crippen molar-refractivity contribution in [2.24, 2.45) is 10.7 Å². The molecule has 0 amide bonds. The Morgan fingerprint density at radius 1 is 1.37 bits per heavy atom. The zero-order chi connectivity index (χ0) is 19.4. The van der Waals surface area contributed by atoms with Crippen molar-refractivity contribution >= 4 is 22.7 Å². The van der Waals surface area contributed by atoms with E-state index in [9.17, 15) is 10.1 Å². The monoisotopic (exact) mass is 376 g/mol. The lowest BCUT2D eigenvalue weighted by molar-refractivity contribution is 0.0988. The summed E-state index contributed by atoms with van der Waals surface area (Å²) >= 11 is 1.25. The summed E-state index contributed by atoms with van der Waals surface area (Å²) in [6.45, 7) is 1.89. The molecule has 8 heteroatoms. The second-order valence-electron chi connectivity index (χ2n) is 6.36. The normalized spacial score (nSPS) is 21.6. The van der Waals surface area contributed by atoms with Gasteiger partial charge in [-0.05, 0) is 36.8 Å². The molecular formula is C19H16N6OS. The molecule has 27 heavy (non-hydrogen) atoms. The van der Waals surface area contributed by atoms with Gasteiger partial charge < -0.3 is 5.73 Å². The van der Waals surface area contributed by atoms with Gasteiger partial charge in [0, 0.05) is 25.2 Å². The van der Waals surface area contributed by atoms with E-state index in [4.69, 9.17) is 11.0 Å². The maximum Gasteiger partial charge on any atom is 0.185 e. The summed E-state index contributed by atoms with van der Waals surface area (Å²) in [5.41, 5.74) is 7.33. The number of aliphatic imine (C=N–C) groups is 1. The summed E-state index contributed by atoms with van der Waals surface area (Å²) in [5, 5.41) is 18.1. The number of pyridine rings is 2. The minimum atomic E-state index is -0.707. The van der Waals surface area contributed by atoms with Crippen LogP contribution >= 0.6 is 11.8 Å². The van der Waals surface area contributed by atoms with Gasteiger partial charge in [0.15, 0.2) is 11.0 Å². The number of thioether (sulfide) groups is 1. The highest BCUT2D eigenvalue weighted by molar-refractivity contribution is 8.14. The first-order valence-corrected chi connectivity index (χ1v) is 9.08. The van der Waals surface area contributed by atoms with Crippen molar-refractivity contribution in [3.05, 3.63) is 59.2 Å². The Bertz CT molecular complexity index is 988. The molecule has 2 aromatic rings. The number of amidine groups is 1. The third-order valence-electron chi connectivity index (χ3n) is 4.27. The average molecular weight is 376 g/mol. The number of aromatic nitrogens is 2. The number of nitrogens with zero attached hydrogens (tertiary/aromatic N) is 5. The SMILES string of the molecule is C[C@@]1(c2cc(CC(=O)c3ccc(C#N)cn3)ccn2)C[C@@H](C#N)SC(N)=N1. The summed E-state index contributed by atoms with van der Waals surface area (Å²) < 4.78 is 0. The maximum absolute atomic E-state index is 12.5. The quantitative estimate of drug-likeness (QED) is 0.811. The zero-order valence-electron chi connectivity index (χ0n) is 14.6. The molecule has 3 rings (SSSR count). The molecule has 7 nitrogen and oxygen atoms in total. The standard InChI is InChI=1S/C19H16N6OS/c1-19(8-14(10-21)27-18(22)25-19)17-7-12(4-5-23-17)6-16(26)15-3-2-13(9-20)11-24-15/h2-5,7,11,14H,6,8H2,1H3,(H2,22,25)/t14-,19-/m0/s1. The number of Topliss-reactive ketones (excluding diaryl/α,β-unsaturated/α-hetero) is 1. The van der Waals surface area contributed by atoms with E-state index in [0.717, 1.165) is 5.56 Å². The molecule has 134 valence electrons. The molecule has 0 fully saturated rings. The molecule has 1 aliphatic heterocycles. The van der Waals surface area contributed by atoms with Crippen LogP contribution in [0.25, 0.3) is 0 Å². The number of hydrogen-bond donors (Lipinski definition) is 1. The number of rotatable bonds is 4. The van der Waals surface area contributed by atoms with Crippen molar-refractivity contribution in [2.75, 3.05) is 0 Å². The summed E-state index contributed by atoms with van der Waals surface area (Å²) in [7, 11) is 0. The minimum absolute atomic E-state index is 0.153. The molecule has 0 aromatic carbocycles. The molecule has 0 bridgehead atoms. The van der Waals surface area contributed by atoms with Gasteiger partial charge in [-0.1, -0.05) is 11.8 Å². The molecule has 0 spiro atoms. The van der Waals surface area contributed by atoms with Gasteiger partial charge in [-0.15, -0.1) is 0 Å². The van der Waals surface area contributed by atoms with E-state index >= 15 is 0 Å². The van der Waals surface area contributed by atoms with Gasteiger partial charge in [0.2, 0.25) is 0 Å². The molecule has 0 aliphatic carbocycles. The van der Waals surface area contributed by atoms with Gasteiger partial charge in [-0.2, -0.15) is 10.5 Å². The van der Waals surface area contributed by atoms with Gasteiger partial charge in [0.1, 0.15) is 22.6 Å². The molecule has 2 N–H and O–H groups in total. The van der Waals surface area contributed by atoms with Gasteiger partial charge in [-0.3, -0.25) is 14.8 Å². The molecular weight excluding hydrogens is 360 g/mol. The van der Waals surface area contributed by atoms with Gasteiger partial charge in [0.05, 0.1) is 17.3 Å². The fourth-order valence-corrected chi connectivity index (χ4v) is 3.88. The minimum Gasteiger partial charge on any atom is -0.378 e. The Labute approximate surface area is 161 Å². The van der Waals surface area contributed by atoms with Crippen LogP contribution in [-0.2, 0) is 12.0 Å². The highest BCUT2D eigenvalue weighted by Crippen LogP contribution is 2.37. The van der Waals surface area contributed by atoms with Crippen LogP contribution < -0.4 is 5.73 Å². The highest BCUT2D eigenvalue weighted by atomic mass is 32.2. The third kappa shape index (κ3) is 4.13. The van der Waals surface area contributed by atoms with Crippen LogP contribution in [0.3, 0.4) is 0 Å². The highest BCUT2D eigenvalue weighted by Gasteiger charge is 2.36. The van der Waals surface area contributed by atoms with E-state index in [1.54, 1.807) is 24.4 Å². The van der Waals surface area contributed by atoms with Crippen molar-refractivity contribution in [3.63, 3.8) is 0 Å². The van der Waals surface area contributed by atoms with Crippen LogP contribution in [0, 0.1) is 22.7 Å². The molecule has 3 heterocycles. The fraction of sp³-hybridized carbons (Fsp3) is 0.263. The molecule has 0 saturated heterocycles. The molecule has 0 unspecified atom stereocenters. The Kier molecular flexibility index (Phi) is 5.20. The lowest BCUT2D eigenvalue weighted by Gasteiger charge is -2.31. The van der Waals surface area contributed by atoms with E-state index in [-0.39, 0.29) is 17.5 Å². The Balaban J connectivity index is 1.83. The van der Waals surface area contributed by atoms with Crippen LogP contribution in [0.15, 0.2) is 41.7 Å².